The molecule has 0 aliphatic heterocycles. The summed E-state index contributed by atoms with van der Waals surface area (Å²) in [7, 11) is 0. The van der Waals surface area contributed by atoms with Gasteiger partial charge >= 0.3 is 0 Å². The van der Waals surface area contributed by atoms with Gasteiger partial charge in [-0.1, -0.05) is 80.7 Å². The van der Waals surface area contributed by atoms with Crippen molar-refractivity contribution in [3.8, 4) is 0 Å². The predicted octanol–water partition coefficient (Wildman–Crippen LogP) is 8.53. The lowest BCUT2D eigenvalue weighted by Gasteiger charge is -2.35. The summed E-state index contributed by atoms with van der Waals surface area (Å²) in [6.07, 6.45) is 5.89. The van der Waals surface area contributed by atoms with Crippen LogP contribution in [0.25, 0.3) is 0 Å². The van der Waals surface area contributed by atoms with E-state index in [2.05, 4.69) is 47.6 Å². The maximum absolute atomic E-state index is 13.6. The summed E-state index contributed by atoms with van der Waals surface area (Å²) < 4.78 is 0. The Balaban J connectivity index is 0.00000229. The molecule has 0 amide bonds. The van der Waals surface area contributed by atoms with Crippen LogP contribution < -0.4 is 0 Å². The van der Waals surface area contributed by atoms with Crippen LogP contribution in [0, 0.1) is 24.7 Å². The number of Topliss-reactive ketones (excluding diaryl/α,β-unsaturated/α-hetero) is 4. The number of hydrogen-bond acceptors (Lipinski definition) is 4. The third-order valence-corrected chi connectivity index (χ3v) is 8.00. The van der Waals surface area contributed by atoms with Gasteiger partial charge in [-0.25, -0.2) is 0 Å². The van der Waals surface area contributed by atoms with Crippen molar-refractivity contribution in [2.75, 3.05) is 0 Å². The van der Waals surface area contributed by atoms with Crippen molar-refractivity contribution in [3.63, 3.8) is 0 Å². The standard InChI is InChI=1S/C31H46O4.C3H8/c1-10-12-23(24(11-2)28(34)13-18(3)32)14-22-15-26-25(19(4)21(6)33)17-27(31(7,8)9)20(5)30(26)29(35)16-22;1-3-2/h17,19,22-24H,10-16H2,1-9H3;3H2,1-2H3. The van der Waals surface area contributed by atoms with Gasteiger partial charge in [0, 0.05) is 23.8 Å². The molecular formula is C34H54O4. The lowest BCUT2D eigenvalue weighted by Crippen LogP contribution is -2.31. The highest BCUT2D eigenvalue weighted by Crippen LogP contribution is 2.42. The third-order valence-electron chi connectivity index (χ3n) is 8.00. The summed E-state index contributed by atoms with van der Waals surface area (Å²) in [6.45, 7) is 21.9. The molecule has 38 heavy (non-hydrogen) atoms. The number of fused-ring (bicyclic) bond motifs is 1. The summed E-state index contributed by atoms with van der Waals surface area (Å²) in [5.74, 6) is 0.129. The van der Waals surface area contributed by atoms with Crippen LogP contribution in [0.3, 0.4) is 0 Å². The molecule has 1 aromatic carbocycles. The lowest BCUT2D eigenvalue weighted by molar-refractivity contribution is -0.130. The molecule has 1 aliphatic rings. The highest BCUT2D eigenvalue weighted by Gasteiger charge is 2.36. The average Bonchev–Trinajstić information content (AvgIpc) is 2.78. The van der Waals surface area contributed by atoms with E-state index in [0.29, 0.717) is 12.8 Å². The molecule has 1 aromatic rings. The van der Waals surface area contributed by atoms with Crippen LogP contribution in [0.1, 0.15) is 153 Å². The molecule has 0 N–H and O–H groups in total. The second-order valence-corrected chi connectivity index (χ2v) is 12.6. The number of carbonyl (C=O) groups excluding carboxylic acids is 4. The molecule has 4 heteroatoms. The van der Waals surface area contributed by atoms with E-state index >= 15 is 0 Å². The van der Waals surface area contributed by atoms with Crippen molar-refractivity contribution >= 4 is 23.1 Å². The second-order valence-electron chi connectivity index (χ2n) is 12.6. The Kier molecular flexibility index (Phi) is 13.3. The van der Waals surface area contributed by atoms with E-state index in [1.807, 2.05) is 20.8 Å². The van der Waals surface area contributed by atoms with Crippen molar-refractivity contribution in [1.82, 2.24) is 0 Å². The molecule has 4 unspecified atom stereocenters. The lowest BCUT2D eigenvalue weighted by atomic mass is 9.68. The van der Waals surface area contributed by atoms with Crippen LogP contribution in [0.15, 0.2) is 6.07 Å². The fraction of sp³-hybridized carbons (Fsp3) is 0.706. The van der Waals surface area contributed by atoms with Gasteiger partial charge in [0.25, 0.3) is 0 Å². The summed E-state index contributed by atoms with van der Waals surface area (Å²) >= 11 is 0. The molecule has 2 rings (SSSR count). The van der Waals surface area contributed by atoms with Gasteiger partial charge in [-0.3, -0.25) is 19.2 Å². The second kappa shape index (κ2) is 14.9. The molecule has 0 saturated carbocycles. The van der Waals surface area contributed by atoms with Crippen molar-refractivity contribution in [3.05, 3.63) is 33.9 Å². The molecule has 0 spiro atoms. The van der Waals surface area contributed by atoms with Crippen molar-refractivity contribution in [2.24, 2.45) is 17.8 Å². The van der Waals surface area contributed by atoms with Crippen LogP contribution in [0.5, 0.6) is 0 Å². The fourth-order valence-electron chi connectivity index (χ4n) is 6.21. The Bertz CT molecular complexity index is 995. The normalized spacial score (nSPS) is 17.6. The van der Waals surface area contributed by atoms with E-state index in [0.717, 1.165) is 53.5 Å². The van der Waals surface area contributed by atoms with Crippen LogP contribution in [-0.2, 0) is 26.2 Å². The average molecular weight is 527 g/mol. The van der Waals surface area contributed by atoms with Gasteiger partial charge in [0.2, 0.25) is 0 Å². The van der Waals surface area contributed by atoms with Crippen LogP contribution in [0.4, 0.5) is 0 Å². The Morgan fingerprint density at radius 3 is 2.05 bits per heavy atom. The molecule has 0 heterocycles. The number of carbonyl (C=O) groups is 4. The smallest absolute Gasteiger partial charge is 0.163 e. The first-order valence-corrected chi connectivity index (χ1v) is 14.9. The first kappa shape index (κ1) is 33.9. The molecule has 4 nitrogen and oxygen atoms in total. The SMILES string of the molecule is CCC.CCCC(CC1CC(=O)c2c(C)c(C(C)(C)C)cc(C(C)C(C)=O)c2C1)C(CC)C(=O)CC(C)=O. The number of ketones is 4. The minimum absolute atomic E-state index is 0.000199. The molecule has 214 valence electrons. The molecule has 0 fully saturated rings. The number of benzene rings is 1. The van der Waals surface area contributed by atoms with Gasteiger partial charge in [0.15, 0.2) is 5.78 Å². The van der Waals surface area contributed by atoms with Gasteiger partial charge < -0.3 is 0 Å². The predicted molar refractivity (Wildman–Crippen MR) is 158 cm³/mol. The minimum atomic E-state index is -0.260. The molecule has 0 radical (unpaired) electrons. The van der Waals surface area contributed by atoms with Crippen molar-refractivity contribution < 1.29 is 19.2 Å². The minimum Gasteiger partial charge on any atom is -0.300 e. The van der Waals surface area contributed by atoms with Crippen molar-refractivity contribution in [2.45, 2.75) is 139 Å². The van der Waals surface area contributed by atoms with E-state index in [1.54, 1.807) is 6.92 Å². The van der Waals surface area contributed by atoms with E-state index in [4.69, 9.17) is 0 Å². The van der Waals surface area contributed by atoms with Crippen LogP contribution >= 0.6 is 0 Å². The van der Waals surface area contributed by atoms with E-state index in [9.17, 15) is 19.2 Å². The van der Waals surface area contributed by atoms with Crippen molar-refractivity contribution in [1.29, 1.82) is 0 Å². The third kappa shape index (κ3) is 8.71. The van der Waals surface area contributed by atoms with Gasteiger partial charge in [-0.2, -0.15) is 0 Å². The quantitative estimate of drug-likeness (QED) is 0.271. The maximum atomic E-state index is 13.6. The molecule has 1 aliphatic carbocycles. The van der Waals surface area contributed by atoms with Gasteiger partial charge in [-0.05, 0) is 79.5 Å². The van der Waals surface area contributed by atoms with Gasteiger partial charge in [0.1, 0.15) is 17.3 Å². The topological polar surface area (TPSA) is 68.3 Å². The zero-order valence-electron chi connectivity index (χ0n) is 26.2. The summed E-state index contributed by atoms with van der Waals surface area (Å²) in [6, 6.07) is 2.17. The Hall–Kier alpha value is -2.10. The zero-order chi connectivity index (χ0) is 29.4. The van der Waals surface area contributed by atoms with E-state index in [1.165, 1.54) is 13.3 Å². The zero-order valence-corrected chi connectivity index (χ0v) is 26.2. The molecule has 4 atom stereocenters. The fourth-order valence-corrected chi connectivity index (χ4v) is 6.21. The van der Waals surface area contributed by atoms with Gasteiger partial charge in [-0.15, -0.1) is 0 Å². The molecule has 0 saturated heterocycles. The molecular weight excluding hydrogens is 472 g/mol. The Labute approximate surface area is 232 Å². The number of hydrogen-bond donors (Lipinski definition) is 0. The van der Waals surface area contributed by atoms with Gasteiger partial charge in [0.05, 0.1) is 6.42 Å². The summed E-state index contributed by atoms with van der Waals surface area (Å²) in [5.41, 5.74) is 4.91. The van der Waals surface area contributed by atoms with E-state index in [-0.39, 0.29) is 58.6 Å². The molecule has 0 aromatic heterocycles. The maximum Gasteiger partial charge on any atom is 0.163 e. The monoisotopic (exact) mass is 526 g/mol. The first-order valence-electron chi connectivity index (χ1n) is 14.9. The highest BCUT2D eigenvalue weighted by molar-refractivity contribution is 6.01. The van der Waals surface area contributed by atoms with Crippen LogP contribution in [-0.4, -0.2) is 23.1 Å². The summed E-state index contributed by atoms with van der Waals surface area (Å²) in [5, 5.41) is 0. The Morgan fingerprint density at radius 1 is 1.03 bits per heavy atom. The molecule has 0 bridgehead atoms. The first-order chi connectivity index (χ1) is 17.6. The highest BCUT2D eigenvalue weighted by atomic mass is 16.1. The number of rotatable bonds is 11. The van der Waals surface area contributed by atoms with Crippen LogP contribution in [0.2, 0.25) is 0 Å². The Morgan fingerprint density at radius 2 is 1.61 bits per heavy atom. The largest absolute Gasteiger partial charge is 0.300 e. The summed E-state index contributed by atoms with van der Waals surface area (Å²) in [4.78, 5) is 50.5. The van der Waals surface area contributed by atoms with E-state index < -0.39 is 0 Å².